The molecule has 2 N–H and O–H groups in total. The first kappa shape index (κ1) is 11.4. The van der Waals surface area contributed by atoms with E-state index in [0.717, 1.165) is 11.0 Å². The Morgan fingerprint density at radius 1 is 1.37 bits per heavy atom. The van der Waals surface area contributed by atoms with Crippen LogP contribution in [0.3, 0.4) is 0 Å². The molecule has 0 atom stereocenters. The molecule has 0 saturated heterocycles. The van der Waals surface area contributed by atoms with Crippen molar-refractivity contribution in [3.8, 4) is 0 Å². The molecule has 96 valence electrons. The van der Waals surface area contributed by atoms with Gasteiger partial charge >= 0.3 is 0 Å². The second-order valence-electron chi connectivity index (χ2n) is 3.98. The Labute approximate surface area is 108 Å². The number of aromatic amines is 1. The Balaban J connectivity index is 1.63. The van der Waals surface area contributed by atoms with Crippen LogP contribution >= 0.6 is 0 Å². The maximum atomic E-state index is 11.9. The average Bonchev–Trinajstić information content (AvgIpc) is 3.08. The van der Waals surface area contributed by atoms with Crippen LogP contribution < -0.4 is 5.32 Å². The number of rotatable bonds is 4. The molecule has 7 heteroatoms. The number of carbonyl (C=O) groups excluding carboxylic acids is 1. The van der Waals surface area contributed by atoms with E-state index in [2.05, 4.69) is 25.4 Å². The molecule has 0 bridgehead atoms. The normalized spacial score (nSPS) is 10.7. The smallest absolute Gasteiger partial charge is 0.251 e. The maximum absolute atomic E-state index is 11.9. The summed E-state index contributed by atoms with van der Waals surface area (Å²) in [7, 11) is 0. The molecule has 0 aliphatic carbocycles. The number of carbonyl (C=O) groups is 1. The van der Waals surface area contributed by atoms with Crippen molar-refractivity contribution in [2.75, 3.05) is 6.54 Å². The number of benzene rings is 1. The topological polar surface area (TPSA) is 96.7 Å². The Morgan fingerprint density at radius 2 is 2.32 bits per heavy atom. The summed E-state index contributed by atoms with van der Waals surface area (Å²) in [6.07, 6.45) is 3.45. The molecular weight excluding hydrogens is 246 g/mol. The van der Waals surface area contributed by atoms with Gasteiger partial charge < -0.3 is 14.8 Å². The molecular formula is C12H11N5O2. The first-order chi connectivity index (χ1) is 9.33. The third kappa shape index (κ3) is 2.44. The quantitative estimate of drug-likeness (QED) is 0.724. The molecule has 0 spiro atoms. The van der Waals surface area contributed by atoms with Crippen molar-refractivity contribution in [3.63, 3.8) is 0 Å². The van der Waals surface area contributed by atoms with Crippen molar-refractivity contribution in [2.45, 2.75) is 6.42 Å². The summed E-state index contributed by atoms with van der Waals surface area (Å²) in [5, 5.41) is 6.29. The molecule has 3 rings (SSSR count). The molecule has 1 aromatic carbocycles. The predicted octanol–water partition coefficient (Wildman–Crippen LogP) is 0.918. The molecule has 0 radical (unpaired) electrons. The third-order valence-electron chi connectivity index (χ3n) is 2.71. The highest BCUT2D eigenvalue weighted by molar-refractivity contribution is 5.97. The highest BCUT2D eigenvalue weighted by atomic mass is 16.5. The summed E-state index contributed by atoms with van der Waals surface area (Å²) >= 11 is 0. The number of hydrogen-bond acceptors (Lipinski definition) is 5. The molecule has 7 nitrogen and oxygen atoms in total. The standard InChI is InChI=1S/C12H11N5O2/c18-12(13-4-3-11-16-7-17-19-11)8-1-2-9-10(5-8)15-6-14-9/h1-2,5-7H,3-4H2,(H,13,18)(H,14,15). The minimum Gasteiger partial charge on any atom is -0.352 e. The Morgan fingerprint density at radius 3 is 3.16 bits per heavy atom. The van der Waals surface area contributed by atoms with E-state index in [1.807, 2.05) is 0 Å². The summed E-state index contributed by atoms with van der Waals surface area (Å²) in [5.41, 5.74) is 2.26. The summed E-state index contributed by atoms with van der Waals surface area (Å²) in [5.74, 6) is 0.361. The van der Waals surface area contributed by atoms with Crippen LogP contribution in [0.25, 0.3) is 11.0 Å². The van der Waals surface area contributed by atoms with Crippen LogP contribution in [0.15, 0.2) is 35.4 Å². The van der Waals surface area contributed by atoms with Crippen LogP contribution in [-0.2, 0) is 6.42 Å². The van der Waals surface area contributed by atoms with Crippen LogP contribution in [0.4, 0.5) is 0 Å². The number of hydrogen-bond donors (Lipinski definition) is 2. The largest absolute Gasteiger partial charge is 0.352 e. The second kappa shape index (κ2) is 4.89. The number of nitrogens with one attached hydrogen (secondary N) is 2. The number of amides is 1. The van der Waals surface area contributed by atoms with Crippen LogP contribution in [-0.4, -0.2) is 32.6 Å². The van der Waals surface area contributed by atoms with Gasteiger partial charge in [-0.2, -0.15) is 4.98 Å². The lowest BCUT2D eigenvalue weighted by Gasteiger charge is -2.03. The molecule has 19 heavy (non-hydrogen) atoms. The van der Waals surface area contributed by atoms with Gasteiger partial charge in [-0.15, -0.1) is 0 Å². The van der Waals surface area contributed by atoms with E-state index in [1.54, 1.807) is 24.5 Å². The summed E-state index contributed by atoms with van der Waals surface area (Å²) in [6, 6.07) is 5.31. The predicted molar refractivity (Wildman–Crippen MR) is 66.4 cm³/mol. The van der Waals surface area contributed by atoms with E-state index in [1.165, 1.54) is 6.33 Å². The van der Waals surface area contributed by atoms with Gasteiger partial charge in [0.2, 0.25) is 5.89 Å². The molecule has 0 aliphatic rings. The van der Waals surface area contributed by atoms with Gasteiger partial charge in [-0.3, -0.25) is 4.79 Å². The summed E-state index contributed by atoms with van der Waals surface area (Å²) in [4.78, 5) is 22.9. The monoisotopic (exact) mass is 257 g/mol. The number of imidazole rings is 1. The van der Waals surface area contributed by atoms with Gasteiger partial charge in [0.25, 0.3) is 5.91 Å². The molecule has 3 aromatic rings. The Bertz CT molecular complexity index is 689. The first-order valence-corrected chi connectivity index (χ1v) is 5.80. The first-order valence-electron chi connectivity index (χ1n) is 5.80. The van der Waals surface area contributed by atoms with Crippen molar-refractivity contribution in [2.24, 2.45) is 0 Å². The fraction of sp³-hybridized carbons (Fsp3) is 0.167. The van der Waals surface area contributed by atoms with E-state index >= 15 is 0 Å². The minimum absolute atomic E-state index is 0.143. The lowest BCUT2D eigenvalue weighted by molar-refractivity contribution is 0.0953. The van der Waals surface area contributed by atoms with Gasteiger partial charge in [-0.25, -0.2) is 4.98 Å². The van der Waals surface area contributed by atoms with Crippen molar-refractivity contribution in [3.05, 3.63) is 42.3 Å². The van der Waals surface area contributed by atoms with Crippen LogP contribution in [0, 0.1) is 0 Å². The van der Waals surface area contributed by atoms with Gasteiger partial charge in [0.1, 0.15) is 0 Å². The fourth-order valence-corrected chi connectivity index (χ4v) is 1.77. The number of aromatic nitrogens is 4. The van der Waals surface area contributed by atoms with Crippen molar-refractivity contribution < 1.29 is 9.32 Å². The lowest BCUT2D eigenvalue weighted by Crippen LogP contribution is -2.25. The van der Waals surface area contributed by atoms with Gasteiger partial charge in [-0.05, 0) is 18.2 Å². The van der Waals surface area contributed by atoms with Crippen LogP contribution in [0.5, 0.6) is 0 Å². The molecule has 0 saturated carbocycles. The highest BCUT2D eigenvalue weighted by Crippen LogP contribution is 2.11. The summed E-state index contributed by atoms with van der Waals surface area (Å²) in [6.45, 7) is 0.446. The lowest BCUT2D eigenvalue weighted by atomic mass is 10.2. The highest BCUT2D eigenvalue weighted by Gasteiger charge is 2.07. The fourth-order valence-electron chi connectivity index (χ4n) is 1.77. The van der Waals surface area contributed by atoms with E-state index in [-0.39, 0.29) is 5.91 Å². The molecule has 2 aromatic heterocycles. The van der Waals surface area contributed by atoms with E-state index < -0.39 is 0 Å². The van der Waals surface area contributed by atoms with Gasteiger partial charge in [0.05, 0.1) is 17.4 Å². The van der Waals surface area contributed by atoms with E-state index in [9.17, 15) is 4.79 Å². The zero-order valence-corrected chi connectivity index (χ0v) is 9.96. The zero-order chi connectivity index (χ0) is 13.1. The average molecular weight is 257 g/mol. The van der Waals surface area contributed by atoms with E-state index in [0.29, 0.717) is 24.4 Å². The van der Waals surface area contributed by atoms with Crippen LogP contribution in [0.1, 0.15) is 16.2 Å². The van der Waals surface area contributed by atoms with E-state index in [4.69, 9.17) is 4.52 Å². The molecule has 0 aliphatic heterocycles. The van der Waals surface area contributed by atoms with Gasteiger partial charge in [0, 0.05) is 18.5 Å². The third-order valence-corrected chi connectivity index (χ3v) is 2.71. The Kier molecular flexibility index (Phi) is 2.93. The summed E-state index contributed by atoms with van der Waals surface area (Å²) < 4.78 is 4.84. The van der Waals surface area contributed by atoms with Crippen molar-refractivity contribution >= 4 is 16.9 Å². The van der Waals surface area contributed by atoms with Crippen molar-refractivity contribution in [1.29, 1.82) is 0 Å². The second-order valence-corrected chi connectivity index (χ2v) is 3.98. The number of fused-ring (bicyclic) bond motifs is 1. The number of H-pyrrole nitrogens is 1. The Hall–Kier alpha value is -2.70. The zero-order valence-electron chi connectivity index (χ0n) is 9.96. The molecule has 0 fully saturated rings. The van der Waals surface area contributed by atoms with Crippen molar-refractivity contribution in [1.82, 2.24) is 25.4 Å². The maximum Gasteiger partial charge on any atom is 0.251 e. The van der Waals surface area contributed by atoms with Gasteiger partial charge in [-0.1, -0.05) is 5.16 Å². The number of nitrogens with zero attached hydrogens (tertiary/aromatic N) is 3. The van der Waals surface area contributed by atoms with Crippen LogP contribution in [0.2, 0.25) is 0 Å². The molecule has 0 unspecified atom stereocenters. The molecule has 2 heterocycles. The minimum atomic E-state index is -0.143. The molecule has 1 amide bonds. The SMILES string of the molecule is O=C(NCCc1ncno1)c1ccc2nc[nH]c2c1. The van der Waals surface area contributed by atoms with Gasteiger partial charge in [0.15, 0.2) is 6.33 Å².